The molecule has 31 heavy (non-hydrogen) atoms. The Labute approximate surface area is 185 Å². The van der Waals surface area contributed by atoms with Crippen LogP contribution < -0.4 is 0 Å². The SMILES string of the molecule is CCOC(=O)CC1c2ccccc2CCN1S(=O)(=O)c1ccc(C2CCCCC2)cc1. The number of sulfonamides is 1. The number of hydrogen-bond donors (Lipinski definition) is 0. The van der Waals surface area contributed by atoms with Crippen LogP contribution in [-0.2, 0) is 26.0 Å². The molecule has 0 saturated heterocycles. The van der Waals surface area contributed by atoms with E-state index in [1.54, 1.807) is 19.1 Å². The molecular formula is C25H31NO4S. The lowest BCUT2D eigenvalue weighted by Gasteiger charge is -2.36. The predicted molar refractivity (Wildman–Crippen MR) is 120 cm³/mol. The molecule has 1 aliphatic heterocycles. The lowest BCUT2D eigenvalue weighted by molar-refractivity contribution is -0.144. The van der Waals surface area contributed by atoms with Gasteiger partial charge in [0.1, 0.15) is 0 Å². The third-order valence-corrected chi connectivity index (χ3v) is 8.51. The molecule has 5 nitrogen and oxygen atoms in total. The summed E-state index contributed by atoms with van der Waals surface area (Å²) in [4.78, 5) is 12.6. The molecule has 2 aliphatic rings. The molecule has 1 atom stereocenters. The number of rotatable bonds is 6. The first-order valence-corrected chi connectivity index (χ1v) is 12.8. The van der Waals surface area contributed by atoms with Crippen molar-refractivity contribution < 1.29 is 17.9 Å². The van der Waals surface area contributed by atoms with Gasteiger partial charge in [0.05, 0.1) is 24.0 Å². The van der Waals surface area contributed by atoms with Crippen molar-refractivity contribution in [1.29, 1.82) is 0 Å². The van der Waals surface area contributed by atoms with Crippen LogP contribution in [0.2, 0.25) is 0 Å². The first-order valence-electron chi connectivity index (χ1n) is 11.4. The van der Waals surface area contributed by atoms with Crippen LogP contribution in [0.5, 0.6) is 0 Å². The maximum Gasteiger partial charge on any atom is 0.307 e. The number of nitrogens with zero attached hydrogens (tertiary/aromatic N) is 1. The van der Waals surface area contributed by atoms with Crippen LogP contribution in [0.1, 0.15) is 74.1 Å². The average Bonchev–Trinajstić information content (AvgIpc) is 2.80. The maximum atomic E-state index is 13.6. The van der Waals surface area contributed by atoms with Gasteiger partial charge in [0.2, 0.25) is 10.0 Å². The molecule has 1 aliphatic carbocycles. The summed E-state index contributed by atoms with van der Waals surface area (Å²) in [6.45, 7) is 2.39. The van der Waals surface area contributed by atoms with Crippen LogP contribution in [-0.4, -0.2) is 31.8 Å². The van der Waals surface area contributed by atoms with E-state index in [4.69, 9.17) is 4.74 Å². The van der Waals surface area contributed by atoms with Crippen molar-refractivity contribution in [2.75, 3.05) is 13.2 Å². The van der Waals surface area contributed by atoms with E-state index in [9.17, 15) is 13.2 Å². The second-order valence-electron chi connectivity index (χ2n) is 8.49. The third kappa shape index (κ3) is 4.70. The number of fused-ring (bicyclic) bond motifs is 1. The molecule has 2 aromatic carbocycles. The van der Waals surface area contributed by atoms with Crippen molar-refractivity contribution in [3.63, 3.8) is 0 Å². The highest BCUT2D eigenvalue weighted by molar-refractivity contribution is 7.89. The largest absolute Gasteiger partial charge is 0.466 e. The van der Waals surface area contributed by atoms with Gasteiger partial charge in [-0.1, -0.05) is 55.7 Å². The Morgan fingerprint density at radius 2 is 1.74 bits per heavy atom. The van der Waals surface area contributed by atoms with Gasteiger partial charge in [-0.05, 0) is 60.9 Å². The normalized spacial score (nSPS) is 20.2. The van der Waals surface area contributed by atoms with Gasteiger partial charge in [0.25, 0.3) is 0 Å². The molecule has 2 aromatic rings. The second-order valence-corrected chi connectivity index (χ2v) is 10.4. The van der Waals surface area contributed by atoms with Crippen LogP contribution in [0.3, 0.4) is 0 Å². The zero-order valence-electron chi connectivity index (χ0n) is 18.1. The third-order valence-electron chi connectivity index (χ3n) is 6.59. The summed E-state index contributed by atoms with van der Waals surface area (Å²) >= 11 is 0. The maximum absolute atomic E-state index is 13.6. The van der Waals surface area contributed by atoms with Gasteiger partial charge in [0.15, 0.2) is 0 Å². The fraction of sp³-hybridized carbons (Fsp3) is 0.480. The molecule has 1 saturated carbocycles. The van der Waals surface area contributed by atoms with E-state index in [0.717, 1.165) is 11.1 Å². The lowest BCUT2D eigenvalue weighted by Crippen LogP contribution is -2.41. The number of ether oxygens (including phenoxy) is 1. The standard InChI is InChI=1S/C25H31NO4S/c1-2-30-25(27)18-24-23-11-7-6-10-21(23)16-17-26(24)31(28,29)22-14-12-20(13-15-22)19-8-4-3-5-9-19/h6-7,10-15,19,24H,2-5,8-9,16-18H2,1H3. The minimum atomic E-state index is -3.74. The topological polar surface area (TPSA) is 63.7 Å². The summed E-state index contributed by atoms with van der Waals surface area (Å²) in [6, 6.07) is 14.7. The van der Waals surface area contributed by atoms with Crippen LogP contribution in [0.4, 0.5) is 0 Å². The summed E-state index contributed by atoms with van der Waals surface area (Å²) < 4.78 is 33.9. The van der Waals surface area contributed by atoms with E-state index in [0.29, 0.717) is 23.8 Å². The minimum Gasteiger partial charge on any atom is -0.466 e. The molecule has 0 N–H and O–H groups in total. The summed E-state index contributed by atoms with van der Waals surface area (Å²) in [5, 5.41) is 0. The zero-order valence-corrected chi connectivity index (χ0v) is 18.9. The van der Waals surface area contributed by atoms with Gasteiger partial charge in [-0.15, -0.1) is 0 Å². The van der Waals surface area contributed by atoms with Gasteiger partial charge in [0, 0.05) is 6.54 Å². The second kappa shape index (κ2) is 9.53. The number of carbonyl (C=O) groups is 1. The monoisotopic (exact) mass is 441 g/mol. The summed E-state index contributed by atoms with van der Waals surface area (Å²) in [5.41, 5.74) is 3.21. The highest BCUT2D eigenvalue weighted by Gasteiger charge is 2.37. The smallest absolute Gasteiger partial charge is 0.307 e. The lowest BCUT2D eigenvalue weighted by atomic mass is 9.84. The molecule has 0 radical (unpaired) electrons. The van der Waals surface area contributed by atoms with Crippen molar-refractivity contribution in [2.24, 2.45) is 0 Å². The molecule has 0 bridgehead atoms. The summed E-state index contributed by atoms with van der Waals surface area (Å²) in [6.07, 6.45) is 6.79. The highest BCUT2D eigenvalue weighted by Crippen LogP contribution is 2.37. The van der Waals surface area contributed by atoms with Crippen molar-refractivity contribution >= 4 is 16.0 Å². The molecule has 6 heteroatoms. The molecule has 0 spiro atoms. The van der Waals surface area contributed by atoms with E-state index in [1.807, 2.05) is 36.4 Å². The number of hydrogen-bond acceptors (Lipinski definition) is 4. The molecule has 1 unspecified atom stereocenters. The van der Waals surface area contributed by atoms with Gasteiger partial charge in [-0.3, -0.25) is 4.79 Å². The van der Waals surface area contributed by atoms with Gasteiger partial charge >= 0.3 is 5.97 Å². The van der Waals surface area contributed by atoms with Crippen molar-refractivity contribution in [3.8, 4) is 0 Å². The first kappa shape index (κ1) is 22.0. The Morgan fingerprint density at radius 3 is 2.45 bits per heavy atom. The Morgan fingerprint density at radius 1 is 1.03 bits per heavy atom. The van der Waals surface area contributed by atoms with Gasteiger partial charge in [-0.2, -0.15) is 4.31 Å². The highest BCUT2D eigenvalue weighted by atomic mass is 32.2. The number of esters is 1. The Kier molecular flexibility index (Phi) is 6.77. The van der Waals surface area contributed by atoms with Crippen molar-refractivity contribution in [1.82, 2.24) is 4.31 Å². The minimum absolute atomic E-state index is 0.0181. The van der Waals surface area contributed by atoms with Crippen LogP contribution in [0.25, 0.3) is 0 Å². The van der Waals surface area contributed by atoms with Crippen molar-refractivity contribution in [2.45, 2.75) is 68.7 Å². The van der Waals surface area contributed by atoms with Crippen molar-refractivity contribution in [3.05, 3.63) is 65.2 Å². The summed E-state index contributed by atoms with van der Waals surface area (Å²) in [7, 11) is -3.74. The van der Waals surface area contributed by atoms with E-state index < -0.39 is 16.1 Å². The van der Waals surface area contributed by atoms with E-state index in [2.05, 4.69) is 0 Å². The van der Waals surface area contributed by atoms with Gasteiger partial charge < -0.3 is 4.74 Å². The Hall–Kier alpha value is -2.18. The fourth-order valence-electron chi connectivity index (χ4n) is 4.99. The average molecular weight is 442 g/mol. The van der Waals surface area contributed by atoms with Crippen LogP contribution in [0.15, 0.2) is 53.4 Å². The molecule has 1 fully saturated rings. The van der Waals surface area contributed by atoms with E-state index in [-0.39, 0.29) is 19.0 Å². The Bertz CT molecular complexity index is 1010. The predicted octanol–water partition coefficient (Wildman–Crippen LogP) is 4.98. The van der Waals surface area contributed by atoms with E-state index >= 15 is 0 Å². The zero-order chi connectivity index (χ0) is 21.8. The quantitative estimate of drug-likeness (QED) is 0.594. The van der Waals surface area contributed by atoms with E-state index in [1.165, 1.54) is 42.0 Å². The summed E-state index contributed by atoms with van der Waals surface area (Å²) in [5.74, 6) is 0.154. The van der Waals surface area contributed by atoms with Crippen LogP contribution in [0, 0.1) is 0 Å². The molecule has 0 aromatic heterocycles. The number of benzene rings is 2. The first-order chi connectivity index (χ1) is 15.0. The molecular weight excluding hydrogens is 410 g/mol. The van der Waals surface area contributed by atoms with Gasteiger partial charge in [-0.25, -0.2) is 8.42 Å². The molecule has 1 heterocycles. The molecule has 166 valence electrons. The fourth-order valence-corrected chi connectivity index (χ4v) is 6.59. The van der Waals surface area contributed by atoms with Crippen LogP contribution >= 0.6 is 0 Å². The molecule has 4 rings (SSSR count). The molecule has 0 amide bonds. The number of carbonyl (C=O) groups excluding carboxylic acids is 1. The Balaban J connectivity index is 1.62.